The van der Waals surface area contributed by atoms with Crippen LogP contribution in [0, 0.1) is 28.6 Å². The number of hydrogen-bond donors (Lipinski definition) is 0. The molecule has 0 spiro atoms. The molecule has 3 fully saturated rings. The third-order valence-corrected chi connectivity index (χ3v) is 10.6. The van der Waals surface area contributed by atoms with Gasteiger partial charge in [-0.1, -0.05) is 61.0 Å². The van der Waals surface area contributed by atoms with Gasteiger partial charge >= 0.3 is 0 Å². The van der Waals surface area contributed by atoms with Crippen LogP contribution in [-0.4, -0.2) is 20.1 Å². The fourth-order valence-corrected chi connectivity index (χ4v) is 9.13. The lowest BCUT2D eigenvalue weighted by molar-refractivity contribution is -0.0197. The van der Waals surface area contributed by atoms with E-state index in [9.17, 15) is 0 Å². The number of oxime groups is 1. The number of allylic oxidation sites excluding steroid dienone is 1. The van der Waals surface area contributed by atoms with E-state index in [-0.39, 0.29) is 5.41 Å². The molecule has 0 bridgehead atoms. The quantitative estimate of drug-likeness (QED) is 0.253. The topological polar surface area (TPSA) is 30.8 Å². The van der Waals surface area contributed by atoms with Crippen molar-refractivity contribution in [2.75, 3.05) is 0 Å². The highest BCUT2D eigenvalue weighted by Crippen LogP contribution is 2.64. The maximum Gasteiger partial charge on any atom is 0.184 e. The highest BCUT2D eigenvalue weighted by molar-refractivity contribution is 6.69. The summed E-state index contributed by atoms with van der Waals surface area (Å²) in [6.45, 7) is 12.6. The van der Waals surface area contributed by atoms with Crippen LogP contribution < -0.4 is 0 Å². The molecule has 3 saturated carbocycles. The van der Waals surface area contributed by atoms with E-state index in [2.05, 4.69) is 63.8 Å². The molecule has 4 heteroatoms. The molecule has 33 heavy (non-hydrogen) atoms. The molecule has 0 unspecified atom stereocenters. The lowest BCUT2D eigenvalue weighted by Gasteiger charge is -2.57. The summed E-state index contributed by atoms with van der Waals surface area (Å²) in [5, 5.41) is 4.74. The van der Waals surface area contributed by atoms with Crippen molar-refractivity contribution in [1.82, 2.24) is 0 Å². The molecule has 0 aliphatic heterocycles. The minimum Gasteiger partial charge on any atom is -0.414 e. The summed E-state index contributed by atoms with van der Waals surface area (Å²) in [6, 6.07) is 10.4. The molecular formula is C29H43NO2Si. The van der Waals surface area contributed by atoms with E-state index >= 15 is 0 Å². The number of hydrogen-bond acceptors (Lipinski definition) is 3. The first-order valence-electron chi connectivity index (χ1n) is 13.3. The zero-order chi connectivity index (χ0) is 23.3. The summed E-state index contributed by atoms with van der Waals surface area (Å²) in [5.41, 5.74) is 4.84. The van der Waals surface area contributed by atoms with E-state index in [0.717, 1.165) is 24.2 Å². The van der Waals surface area contributed by atoms with Crippen molar-refractivity contribution < 1.29 is 9.26 Å². The average molecular weight is 466 g/mol. The van der Waals surface area contributed by atoms with Gasteiger partial charge in [-0.25, -0.2) is 0 Å². The zero-order valence-electron chi connectivity index (χ0n) is 21.4. The normalized spacial score (nSPS) is 39.4. The summed E-state index contributed by atoms with van der Waals surface area (Å²) in [6.07, 6.45) is 13.1. The molecule has 0 amide bonds. The van der Waals surface area contributed by atoms with Gasteiger partial charge in [-0.15, -0.1) is 0 Å². The summed E-state index contributed by atoms with van der Waals surface area (Å²) in [5.74, 6) is 2.38. The van der Waals surface area contributed by atoms with Crippen LogP contribution in [0.15, 0.2) is 47.1 Å². The first-order chi connectivity index (χ1) is 15.7. The average Bonchev–Trinajstić information content (AvgIpc) is 3.10. The Morgan fingerprint density at radius 3 is 2.45 bits per heavy atom. The molecule has 180 valence electrons. The van der Waals surface area contributed by atoms with Gasteiger partial charge in [0.2, 0.25) is 0 Å². The van der Waals surface area contributed by atoms with Crippen molar-refractivity contribution in [3.63, 3.8) is 0 Å². The van der Waals surface area contributed by atoms with Gasteiger partial charge in [-0.2, -0.15) is 0 Å². The Balaban J connectivity index is 1.30. The predicted molar refractivity (Wildman–Crippen MR) is 139 cm³/mol. The van der Waals surface area contributed by atoms with Gasteiger partial charge < -0.3 is 9.26 Å². The maximum atomic E-state index is 6.55. The van der Waals surface area contributed by atoms with Gasteiger partial charge in [0, 0.05) is 11.5 Å². The number of benzene rings is 1. The third-order valence-electron chi connectivity index (χ3n) is 9.57. The molecule has 0 heterocycles. The number of nitrogens with zero attached hydrogens (tertiary/aromatic N) is 1. The molecule has 3 nitrogen and oxygen atoms in total. The lowest BCUT2D eigenvalue weighted by atomic mass is 9.48. The van der Waals surface area contributed by atoms with Crippen LogP contribution in [-0.2, 0) is 15.9 Å². The van der Waals surface area contributed by atoms with E-state index in [4.69, 9.17) is 14.4 Å². The largest absolute Gasteiger partial charge is 0.414 e. The van der Waals surface area contributed by atoms with Gasteiger partial charge in [0.1, 0.15) is 6.61 Å². The number of rotatable bonds is 5. The van der Waals surface area contributed by atoms with Crippen LogP contribution in [0.1, 0.15) is 70.8 Å². The molecule has 0 saturated heterocycles. The fourth-order valence-electron chi connectivity index (χ4n) is 7.93. The van der Waals surface area contributed by atoms with Crippen molar-refractivity contribution in [3.8, 4) is 0 Å². The monoisotopic (exact) mass is 465 g/mol. The van der Waals surface area contributed by atoms with Crippen LogP contribution in [0.3, 0.4) is 0 Å². The van der Waals surface area contributed by atoms with Crippen LogP contribution in [0.2, 0.25) is 19.6 Å². The van der Waals surface area contributed by atoms with E-state index in [1.54, 1.807) is 5.57 Å². The van der Waals surface area contributed by atoms with E-state index in [0.29, 0.717) is 18.1 Å². The highest BCUT2D eigenvalue weighted by Gasteiger charge is 2.58. The van der Waals surface area contributed by atoms with Crippen LogP contribution in [0.5, 0.6) is 0 Å². The summed E-state index contributed by atoms with van der Waals surface area (Å²) < 4.78 is 6.55. The molecule has 0 aromatic heterocycles. The summed E-state index contributed by atoms with van der Waals surface area (Å²) in [4.78, 5) is 5.88. The van der Waals surface area contributed by atoms with Crippen molar-refractivity contribution in [1.29, 1.82) is 0 Å². The minimum atomic E-state index is -1.48. The Bertz CT molecular complexity index is 919. The molecule has 0 radical (unpaired) electrons. The lowest BCUT2D eigenvalue weighted by Crippen LogP contribution is -2.51. The van der Waals surface area contributed by atoms with Gasteiger partial charge in [-0.3, -0.25) is 0 Å². The molecule has 0 N–H and O–H groups in total. The van der Waals surface area contributed by atoms with Crippen molar-refractivity contribution in [3.05, 3.63) is 47.5 Å². The van der Waals surface area contributed by atoms with Crippen molar-refractivity contribution in [2.45, 2.75) is 97.6 Å². The van der Waals surface area contributed by atoms with Gasteiger partial charge in [-0.05, 0) is 99.7 Å². The second-order valence-electron chi connectivity index (χ2n) is 12.6. The molecular weight excluding hydrogens is 422 g/mol. The highest BCUT2D eigenvalue weighted by atomic mass is 28.4. The Kier molecular flexibility index (Phi) is 6.14. The second-order valence-corrected chi connectivity index (χ2v) is 17.1. The molecule has 1 aromatic carbocycles. The zero-order valence-corrected chi connectivity index (χ0v) is 22.4. The van der Waals surface area contributed by atoms with E-state index < -0.39 is 8.32 Å². The second kappa shape index (κ2) is 8.68. The van der Waals surface area contributed by atoms with Crippen LogP contribution in [0.4, 0.5) is 0 Å². The van der Waals surface area contributed by atoms with Crippen LogP contribution >= 0.6 is 0 Å². The van der Waals surface area contributed by atoms with Crippen molar-refractivity contribution >= 4 is 14.0 Å². The first-order valence-corrected chi connectivity index (χ1v) is 16.7. The Labute approximate surface area is 202 Å². The third kappa shape index (κ3) is 4.38. The molecule has 4 aliphatic carbocycles. The predicted octanol–water partition coefficient (Wildman–Crippen LogP) is 7.74. The summed E-state index contributed by atoms with van der Waals surface area (Å²) in [7, 11) is -1.48. The maximum absolute atomic E-state index is 6.55. The fraction of sp³-hybridized carbons (Fsp3) is 0.690. The molecule has 4 aliphatic rings. The standard InChI is InChI=1S/C29H43NO2Si/c1-28-17-15-23(32-33(3,4)5)19-22(28)11-12-24-25-13-14-27(29(25,2)18-16-26(24)28)30-31-20-21-9-7-6-8-10-21/h6-11,23-26H,12-20H2,1-5H3/b30-27+/t23-,24-,25-,26-,28-,29-/m0/s1. The number of fused-ring (bicyclic) bond motifs is 5. The molecule has 1 aromatic rings. The van der Waals surface area contributed by atoms with Gasteiger partial charge in [0.25, 0.3) is 0 Å². The van der Waals surface area contributed by atoms with Crippen LogP contribution in [0.25, 0.3) is 0 Å². The Morgan fingerprint density at radius 2 is 1.70 bits per heavy atom. The first kappa shape index (κ1) is 23.4. The van der Waals surface area contributed by atoms with Crippen molar-refractivity contribution in [2.24, 2.45) is 33.7 Å². The SMILES string of the molecule is C[C@]12CC[C@H](O[Si](C)(C)C)CC1=CC[C@@H]1[C@@H]2CC[C@]2(C)/C(=N/OCc3ccccc3)CC[C@@H]12. The molecule has 5 rings (SSSR count). The van der Waals surface area contributed by atoms with Gasteiger partial charge in [0.15, 0.2) is 8.32 Å². The minimum absolute atomic E-state index is 0.220. The van der Waals surface area contributed by atoms with Gasteiger partial charge in [0.05, 0.1) is 5.71 Å². The Hall–Kier alpha value is -1.39. The van der Waals surface area contributed by atoms with E-state index in [1.165, 1.54) is 56.2 Å². The summed E-state index contributed by atoms with van der Waals surface area (Å²) >= 11 is 0. The van der Waals surface area contributed by atoms with E-state index in [1.807, 2.05) is 6.07 Å². The molecule has 6 atom stereocenters. The Morgan fingerprint density at radius 1 is 0.970 bits per heavy atom. The smallest absolute Gasteiger partial charge is 0.184 e.